The number of carboxylic acid groups (broad SMARTS) is 1. The van der Waals surface area contributed by atoms with Crippen molar-refractivity contribution < 1.29 is 14.3 Å². The van der Waals surface area contributed by atoms with E-state index in [1.54, 1.807) is 0 Å². The van der Waals surface area contributed by atoms with Gasteiger partial charge in [-0.1, -0.05) is 0 Å². The maximum absolute atomic E-state index is 10.9. The van der Waals surface area contributed by atoms with E-state index in [0.717, 1.165) is 12.6 Å². The van der Waals surface area contributed by atoms with E-state index < -0.39 is 5.97 Å². The van der Waals surface area contributed by atoms with E-state index in [2.05, 4.69) is 10.2 Å². The SMILES string of the molecule is O=C(O)c1ccoc1CNCC1CCN(C2CC2)C1. The van der Waals surface area contributed by atoms with Gasteiger partial charge in [-0.2, -0.15) is 0 Å². The molecule has 1 aliphatic heterocycles. The number of hydrogen-bond donors (Lipinski definition) is 2. The van der Waals surface area contributed by atoms with Gasteiger partial charge in [0.2, 0.25) is 0 Å². The van der Waals surface area contributed by atoms with E-state index in [1.165, 1.54) is 44.7 Å². The van der Waals surface area contributed by atoms with Crippen molar-refractivity contribution in [3.05, 3.63) is 23.7 Å². The van der Waals surface area contributed by atoms with Crippen molar-refractivity contribution in [2.24, 2.45) is 5.92 Å². The van der Waals surface area contributed by atoms with Crippen LogP contribution in [-0.4, -0.2) is 41.7 Å². The first-order chi connectivity index (χ1) is 9.24. The molecule has 2 heterocycles. The second-order valence-corrected chi connectivity index (χ2v) is 5.57. The lowest BCUT2D eigenvalue weighted by Crippen LogP contribution is -2.27. The highest BCUT2D eigenvalue weighted by Crippen LogP contribution is 2.31. The van der Waals surface area contributed by atoms with Crippen molar-refractivity contribution in [3.63, 3.8) is 0 Å². The Balaban J connectivity index is 1.43. The number of aromatic carboxylic acids is 1. The summed E-state index contributed by atoms with van der Waals surface area (Å²) in [5.41, 5.74) is 0.263. The van der Waals surface area contributed by atoms with Gasteiger partial charge in [0.15, 0.2) is 0 Å². The predicted octanol–water partition coefficient (Wildman–Crippen LogP) is 1.55. The Morgan fingerprint density at radius 3 is 3.05 bits per heavy atom. The molecule has 0 aromatic carbocycles. The van der Waals surface area contributed by atoms with Gasteiger partial charge in [0.25, 0.3) is 0 Å². The summed E-state index contributed by atoms with van der Waals surface area (Å²) < 4.78 is 5.21. The molecule has 0 amide bonds. The first kappa shape index (κ1) is 12.7. The highest BCUT2D eigenvalue weighted by Gasteiger charge is 2.34. The van der Waals surface area contributed by atoms with Gasteiger partial charge in [-0.15, -0.1) is 0 Å². The third-order valence-corrected chi connectivity index (χ3v) is 4.07. The first-order valence-corrected chi connectivity index (χ1v) is 6.98. The molecule has 1 saturated heterocycles. The largest absolute Gasteiger partial charge is 0.478 e. The van der Waals surface area contributed by atoms with Gasteiger partial charge in [0.1, 0.15) is 11.3 Å². The fraction of sp³-hybridized carbons (Fsp3) is 0.643. The van der Waals surface area contributed by atoms with Crippen LogP contribution in [0.5, 0.6) is 0 Å². The van der Waals surface area contributed by atoms with Crippen molar-refractivity contribution in [3.8, 4) is 0 Å². The Bertz CT molecular complexity index is 453. The third-order valence-electron chi connectivity index (χ3n) is 4.07. The standard InChI is InChI=1S/C14H20N2O3/c17-14(18)12-4-6-19-13(12)8-15-7-10-3-5-16(9-10)11-1-2-11/h4,6,10-11,15H,1-3,5,7-9H2,(H,17,18). The number of likely N-dealkylation sites (tertiary alicyclic amines) is 1. The van der Waals surface area contributed by atoms with Crippen LogP contribution >= 0.6 is 0 Å². The maximum atomic E-state index is 10.9. The number of rotatable bonds is 6. The van der Waals surface area contributed by atoms with Gasteiger partial charge < -0.3 is 19.7 Å². The zero-order chi connectivity index (χ0) is 13.2. The van der Waals surface area contributed by atoms with Crippen LogP contribution in [0, 0.1) is 5.92 Å². The first-order valence-electron chi connectivity index (χ1n) is 6.98. The Labute approximate surface area is 112 Å². The van der Waals surface area contributed by atoms with E-state index in [-0.39, 0.29) is 5.56 Å². The molecule has 2 aliphatic rings. The topological polar surface area (TPSA) is 65.7 Å². The molecule has 0 bridgehead atoms. The summed E-state index contributed by atoms with van der Waals surface area (Å²) in [6, 6.07) is 2.36. The molecule has 1 unspecified atom stereocenters. The molecule has 2 N–H and O–H groups in total. The molecular weight excluding hydrogens is 244 g/mol. The number of hydrogen-bond acceptors (Lipinski definition) is 4. The molecule has 3 rings (SSSR count). The third kappa shape index (κ3) is 2.98. The predicted molar refractivity (Wildman–Crippen MR) is 70.1 cm³/mol. The average Bonchev–Trinajstić information content (AvgIpc) is 2.95. The summed E-state index contributed by atoms with van der Waals surface area (Å²) in [4.78, 5) is 13.5. The van der Waals surface area contributed by atoms with Gasteiger partial charge in [-0.3, -0.25) is 0 Å². The van der Waals surface area contributed by atoms with Crippen LogP contribution in [0.2, 0.25) is 0 Å². The van der Waals surface area contributed by atoms with Crippen LogP contribution in [-0.2, 0) is 6.54 Å². The molecule has 2 fully saturated rings. The molecule has 0 spiro atoms. The van der Waals surface area contributed by atoms with E-state index in [4.69, 9.17) is 9.52 Å². The summed E-state index contributed by atoms with van der Waals surface area (Å²) in [7, 11) is 0. The van der Waals surface area contributed by atoms with Gasteiger partial charge in [-0.25, -0.2) is 4.79 Å². The lowest BCUT2D eigenvalue weighted by molar-refractivity contribution is 0.0694. The van der Waals surface area contributed by atoms with E-state index >= 15 is 0 Å². The van der Waals surface area contributed by atoms with Gasteiger partial charge in [0.05, 0.1) is 12.8 Å². The second-order valence-electron chi connectivity index (χ2n) is 5.57. The minimum atomic E-state index is -0.925. The van der Waals surface area contributed by atoms with Crippen LogP contribution in [0.15, 0.2) is 16.7 Å². The monoisotopic (exact) mass is 264 g/mol. The Morgan fingerprint density at radius 2 is 2.32 bits per heavy atom. The van der Waals surface area contributed by atoms with Crippen LogP contribution in [0.3, 0.4) is 0 Å². The van der Waals surface area contributed by atoms with Crippen LogP contribution in [0.25, 0.3) is 0 Å². The molecule has 5 heteroatoms. The van der Waals surface area contributed by atoms with E-state index in [0.29, 0.717) is 18.2 Å². The molecule has 5 nitrogen and oxygen atoms in total. The lowest BCUT2D eigenvalue weighted by Gasteiger charge is -2.14. The molecular formula is C14H20N2O3. The molecule has 19 heavy (non-hydrogen) atoms. The van der Waals surface area contributed by atoms with E-state index in [9.17, 15) is 4.79 Å². The summed E-state index contributed by atoms with van der Waals surface area (Å²) in [6.07, 6.45) is 5.42. The second kappa shape index (κ2) is 5.35. The fourth-order valence-electron chi connectivity index (χ4n) is 2.86. The van der Waals surface area contributed by atoms with Gasteiger partial charge in [-0.05, 0) is 44.3 Å². The van der Waals surface area contributed by atoms with E-state index in [1.807, 2.05) is 0 Å². The number of nitrogens with one attached hydrogen (secondary N) is 1. The number of carbonyl (C=O) groups is 1. The number of nitrogens with zero attached hydrogens (tertiary/aromatic N) is 1. The van der Waals surface area contributed by atoms with Gasteiger partial charge >= 0.3 is 5.97 Å². The molecule has 1 atom stereocenters. The Kier molecular flexibility index (Phi) is 3.57. The molecule has 1 aliphatic carbocycles. The summed E-state index contributed by atoms with van der Waals surface area (Å²) >= 11 is 0. The quantitative estimate of drug-likeness (QED) is 0.816. The van der Waals surface area contributed by atoms with Crippen LogP contribution in [0.1, 0.15) is 35.4 Å². The molecule has 0 radical (unpaired) electrons. The van der Waals surface area contributed by atoms with Crippen molar-refractivity contribution >= 4 is 5.97 Å². The maximum Gasteiger partial charge on any atom is 0.339 e. The normalized spacial score (nSPS) is 23.9. The highest BCUT2D eigenvalue weighted by atomic mass is 16.4. The highest BCUT2D eigenvalue weighted by molar-refractivity contribution is 5.88. The minimum Gasteiger partial charge on any atom is -0.478 e. The molecule has 104 valence electrons. The zero-order valence-corrected chi connectivity index (χ0v) is 11.0. The van der Waals surface area contributed by atoms with Crippen molar-refractivity contribution in [2.75, 3.05) is 19.6 Å². The molecule has 1 aromatic heterocycles. The minimum absolute atomic E-state index is 0.263. The molecule has 1 aromatic rings. The van der Waals surface area contributed by atoms with Crippen molar-refractivity contribution in [1.29, 1.82) is 0 Å². The average molecular weight is 264 g/mol. The smallest absolute Gasteiger partial charge is 0.339 e. The van der Waals surface area contributed by atoms with Gasteiger partial charge in [0, 0.05) is 12.6 Å². The number of carboxylic acids is 1. The molecule has 1 saturated carbocycles. The zero-order valence-electron chi connectivity index (χ0n) is 11.0. The van der Waals surface area contributed by atoms with Crippen LogP contribution < -0.4 is 5.32 Å². The Morgan fingerprint density at radius 1 is 1.47 bits per heavy atom. The summed E-state index contributed by atoms with van der Waals surface area (Å²) in [6.45, 7) is 3.83. The van der Waals surface area contributed by atoms with Crippen molar-refractivity contribution in [2.45, 2.75) is 31.8 Å². The Hall–Kier alpha value is -1.33. The number of furan rings is 1. The fourth-order valence-corrected chi connectivity index (χ4v) is 2.86. The van der Waals surface area contributed by atoms with Crippen molar-refractivity contribution in [1.82, 2.24) is 10.2 Å². The van der Waals surface area contributed by atoms with Crippen LogP contribution in [0.4, 0.5) is 0 Å². The lowest BCUT2D eigenvalue weighted by atomic mass is 10.1. The summed E-state index contributed by atoms with van der Waals surface area (Å²) in [5, 5.41) is 12.3. The summed E-state index contributed by atoms with van der Waals surface area (Å²) in [5.74, 6) is 0.278.